The monoisotopic (exact) mass is 554 g/mol. The molecular weight excluding hydrogens is 508 g/mol. The number of hydrogen-bond donors (Lipinski definition) is 0. The van der Waals surface area contributed by atoms with Crippen LogP contribution in [0, 0.1) is 34.5 Å². The van der Waals surface area contributed by atoms with Crippen molar-refractivity contribution >= 4 is 17.0 Å². The Morgan fingerprint density at radius 1 is 0.951 bits per heavy atom. The summed E-state index contributed by atoms with van der Waals surface area (Å²) in [6.07, 6.45) is 9.82. The van der Waals surface area contributed by atoms with Crippen LogP contribution in [-0.2, 0) is 16.1 Å². The van der Waals surface area contributed by atoms with E-state index < -0.39 is 0 Å². The van der Waals surface area contributed by atoms with E-state index in [1.165, 1.54) is 44.1 Å². The number of nitrogens with zero attached hydrogens (tertiary/aromatic N) is 4. The molecule has 0 spiro atoms. The third-order valence-electron chi connectivity index (χ3n) is 12.5. The van der Waals surface area contributed by atoms with Crippen LogP contribution in [0.25, 0.3) is 11.0 Å². The maximum Gasteiger partial charge on any atom is 0.302 e. The summed E-state index contributed by atoms with van der Waals surface area (Å²) in [5.74, 6) is 2.60. The van der Waals surface area contributed by atoms with E-state index in [-0.39, 0.29) is 23.5 Å². The summed E-state index contributed by atoms with van der Waals surface area (Å²) in [7, 11) is 2.33. The fraction of sp³-hybridized carbons (Fsp3) is 0.629. The van der Waals surface area contributed by atoms with E-state index in [4.69, 9.17) is 4.74 Å². The summed E-state index contributed by atoms with van der Waals surface area (Å²) in [5, 5.41) is 9.11. The van der Waals surface area contributed by atoms with Gasteiger partial charge in [0.25, 0.3) is 0 Å². The molecule has 4 aliphatic carbocycles. The average molecular weight is 555 g/mol. The van der Waals surface area contributed by atoms with E-state index in [9.17, 15) is 4.79 Å². The Hall–Kier alpha value is -2.73. The highest BCUT2D eigenvalue weighted by atomic mass is 16.5. The number of esters is 1. The molecule has 0 bridgehead atoms. The fourth-order valence-corrected chi connectivity index (χ4v) is 10.4. The third kappa shape index (κ3) is 4.43. The molecule has 0 saturated heterocycles. The average Bonchev–Trinajstić information content (AvgIpc) is 3.51. The second-order valence-electron chi connectivity index (χ2n) is 14.4. The quantitative estimate of drug-likeness (QED) is 0.316. The summed E-state index contributed by atoms with van der Waals surface area (Å²) in [6, 6.07) is 19.8. The van der Waals surface area contributed by atoms with Gasteiger partial charge in [0.2, 0.25) is 0 Å². The molecule has 4 aliphatic rings. The molecule has 1 heterocycles. The number of carbonyl (C=O) groups is 1. The molecule has 0 radical (unpaired) electrons. The number of para-hydroxylation sites is 1. The lowest BCUT2D eigenvalue weighted by atomic mass is 9.45. The molecule has 4 saturated carbocycles. The van der Waals surface area contributed by atoms with Gasteiger partial charge in [-0.15, -0.1) is 5.10 Å². The summed E-state index contributed by atoms with van der Waals surface area (Å²) in [6.45, 7) is 7.67. The van der Waals surface area contributed by atoms with Crippen molar-refractivity contribution in [3.63, 3.8) is 0 Å². The predicted octanol–water partition coefficient (Wildman–Crippen LogP) is 7.06. The summed E-state index contributed by atoms with van der Waals surface area (Å²) in [5.41, 5.74) is 3.75. The summed E-state index contributed by atoms with van der Waals surface area (Å²) in [4.78, 5) is 15.1. The third-order valence-corrected chi connectivity index (χ3v) is 12.5. The van der Waals surface area contributed by atoms with Gasteiger partial charge in [-0.2, -0.15) is 0 Å². The number of hydrogen-bond acceptors (Lipinski definition) is 5. The second kappa shape index (κ2) is 10.2. The lowest BCUT2D eigenvalue weighted by Crippen LogP contribution is -2.55. The van der Waals surface area contributed by atoms with Crippen LogP contribution in [0.5, 0.6) is 0 Å². The summed E-state index contributed by atoms with van der Waals surface area (Å²) >= 11 is 0. The van der Waals surface area contributed by atoms with Gasteiger partial charge in [0.1, 0.15) is 11.6 Å². The van der Waals surface area contributed by atoms with Crippen LogP contribution in [0.2, 0.25) is 0 Å². The Morgan fingerprint density at radius 2 is 1.71 bits per heavy atom. The molecule has 3 aromatic rings. The topological polar surface area (TPSA) is 60.3 Å². The van der Waals surface area contributed by atoms with Gasteiger partial charge >= 0.3 is 5.97 Å². The Balaban J connectivity index is 1.13. The number of rotatable bonds is 5. The molecule has 2 aromatic carbocycles. The summed E-state index contributed by atoms with van der Waals surface area (Å²) < 4.78 is 8.32. The SMILES string of the molecule is CC(=O)O[C@H]1[C@@H](n2nnc3ccccc32)CC2C3CCC4C[C@@H](N(C)Cc5ccccc5)CC[C@]4(C)C3CC[C@@]21C. The van der Waals surface area contributed by atoms with Crippen LogP contribution in [0.4, 0.5) is 0 Å². The minimum absolute atomic E-state index is 0.0269. The largest absolute Gasteiger partial charge is 0.460 e. The molecule has 9 atom stereocenters. The number of aromatic nitrogens is 3. The van der Waals surface area contributed by atoms with Crippen LogP contribution < -0.4 is 0 Å². The number of benzene rings is 2. The van der Waals surface area contributed by atoms with Crippen LogP contribution in [0.15, 0.2) is 54.6 Å². The van der Waals surface area contributed by atoms with E-state index in [1.54, 1.807) is 6.92 Å². The molecule has 0 aliphatic heterocycles. The molecule has 7 rings (SSSR count). The maximum atomic E-state index is 12.4. The lowest BCUT2D eigenvalue weighted by Gasteiger charge is -2.61. The first-order chi connectivity index (χ1) is 19.8. The lowest BCUT2D eigenvalue weighted by molar-refractivity contribution is -0.164. The van der Waals surface area contributed by atoms with Crippen molar-refractivity contribution in [3.05, 3.63) is 60.2 Å². The van der Waals surface area contributed by atoms with Crippen LogP contribution in [0.3, 0.4) is 0 Å². The Bertz CT molecular complexity index is 1410. The van der Waals surface area contributed by atoms with Gasteiger partial charge in [0.15, 0.2) is 0 Å². The molecule has 0 amide bonds. The fourth-order valence-electron chi connectivity index (χ4n) is 10.4. The van der Waals surface area contributed by atoms with Crippen molar-refractivity contribution in [2.45, 2.75) is 96.9 Å². The van der Waals surface area contributed by atoms with Crippen molar-refractivity contribution in [2.75, 3.05) is 7.05 Å². The van der Waals surface area contributed by atoms with Crippen molar-refractivity contribution < 1.29 is 9.53 Å². The zero-order chi connectivity index (χ0) is 28.4. The van der Waals surface area contributed by atoms with E-state index in [0.29, 0.717) is 23.3 Å². The maximum absolute atomic E-state index is 12.4. The highest BCUT2D eigenvalue weighted by Crippen LogP contribution is 2.68. The zero-order valence-electron chi connectivity index (χ0n) is 25.2. The number of ether oxygens (including phenoxy) is 1. The molecule has 4 unspecified atom stereocenters. The number of fused-ring (bicyclic) bond motifs is 6. The van der Waals surface area contributed by atoms with Crippen molar-refractivity contribution in [2.24, 2.45) is 34.5 Å². The van der Waals surface area contributed by atoms with Crippen molar-refractivity contribution in [1.82, 2.24) is 19.9 Å². The molecule has 0 N–H and O–H groups in total. The molecule has 41 heavy (non-hydrogen) atoms. The Labute approximate surface area is 244 Å². The predicted molar refractivity (Wildman–Crippen MR) is 161 cm³/mol. The minimum Gasteiger partial charge on any atom is -0.460 e. The van der Waals surface area contributed by atoms with Crippen LogP contribution >= 0.6 is 0 Å². The van der Waals surface area contributed by atoms with Crippen molar-refractivity contribution in [1.29, 1.82) is 0 Å². The minimum atomic E-state index is -0.179. The van der Waals surface area contributed by atoms with Gasteiger partial charge in [-0.1, -0.05) is 61.5 Å². The van der Waals surface area contributed by atoms with Gasteiger partial charge in [-0.3, -0.25) is 9.69 Å². The van der Waals surface area contributed by atoms with E-state index in [2.05, 4.69) is 83.3 Å². The highest BCUT2D eigenvalue weighted by Gasteiger charge is 2.64. The van der Waals surface area contributed by atoms with Crippen LogP contribution in [0.1, 0.15) is 83.7 Å². The molecule has 6 nitrogen and oxygen atoms in total. The van der Waals surface area contributed by atoms with Gasteiger partial charge in [0.05, 0.1) is 11.6 Å². The van der Waals surface area contributed by atoms with E-state index in [1.807, 2.05) is 12.1 Å². The Morgan fingerprint density at radius 3 is 2.51 bits per heavy atom. The number of carbonyl (C=O) groups excluding carboxylic acids is 1. The first-order valence-electron chi connectivity index (χ1n) is 16.0. The standard InChI is InChI=1S/C35H46N4O2/c1-23(40)41-33-32(39-31-13-9-8-12-30(31)36-37-39)21-29-27-15-14-25-20-26(38(4)22-24-10-6-5-7-11-24)16-18-34(25,2)28(27)17-19-35(29,33)3/h5-13,25-29,32-33H,14-22H2,1-4H3/t25?,26-,27?,28?,29?,32-,33-,34-,35-/m0/s1. The van der Waals surface area contributed by atoms with Crippen LogP contribution in [-0.4, -0.2) is 45.1 Å². The first kappa shape index (κ1) is 27.1. The first-order valence-corrected chi connectivity index (χ1v) is 16.0. The second-order valence-corrected chi connectivity index (χ2v) is 14.4. The van der Waals surface area contributed by atoms with E-state index in [0.717, 1.165) is 42.3 Å². The molecule has 6 heteroatoms. The van der Waals surface area contributed by atoms with Gasteiger partial charge in [0, 0.05) is 24.9 Å². The van der Waals surface area contributed by atoms with E-state index >= 15 is 0 Å². The molecular formula is C35H46N4O2. The van der Waals surface area contributed by atoms with Gasteiger partial charge in [-0.25, -0.2) is 4.68 Å². The Kier molecular flexibility index (Phi) is 6.76. The van der Waals surface area contributed by atoms with Gasteiger partial charge < -0.3 is 4.74 Å². The molecule has 1 aromatic heterocycles. The highest BCUT2D eigenvalue weighted by molar-refractivity contribution is 5.74. The molecule has 4 fully saturated rings. The normalized spacial score (nSPS) is 38.3. The van der Waals surface area contributed by atoms with Crippen molar-refractivity contribution in [3.8, 4) is 0 Å². The zero-order valence-corrected chi connectivity index (χ0v) is 25.2. The smallest absolute Gasteiger partial charge is 0.302 e. The molecule has 218 valence electrons. The van der Waals surface area contributed by atoms with Gasteiger partial charge in [-0.05, 0) is 105 Å².